The molecule has 0 spiro atoms. The maximum absolute atomic E-state index is 11.9. The van der Waals surface area contributed by atoms with Crippen molar-refractivity contribution in [2.75, 3.05) is 26.4 Å². The third-order valence-corrected chi connectivity index (χ3v) is 4.39. The van der Waals surface area contributed by atoms with Gasteiger partial charge in [-0.1, -0.05) is 30.0 Å². The summed E-state index contributed by atoms with van der Waals surface area (Å²) < 4.78 is 45.0. The Morgan fingerprint density at radius 1 is 1.25 bits per heavy atom. The van der Waals surface area contributed by atoms with Gasteiger partial charge in [-0.3, -0.25) is 4.79 Å². The van der Waals surface area contributed by atoms with Crippen LogP contribution in [0.15, 0.2) is 53.1 Å². The third kappa shape index (κ3) is 13.7. The van der Waals surface area contributed by atoms with E-state index in [0.29, 0.717) is 24.8 Å². The summed E-state index contributed by atoms with van der Waals surface area (Å²) >= 11 is 0. The van der Waals surface area contributed by atoms with Gasteiger partial charge < -0.3 is 19.6 Å². The minimum atomic E-state index is -4.13. The number of halogens is 3. The lowest BCUT2D eigenvalue weighted by atomic mass is 10.1. The number of alkyl halides is 3. The summed E-state index contributed by atoms with van der Waals surface area (Å²) in [7, 11) is 0. The Hall–Kier alpha value is -2.55. The van der Waals surface area contributed by atoms with Crippen LogP contribution in [0.2, 0.25) is 0 Å². The predicted octanol–water partition coefficient (Wildman–Crippen LogP) is 5.45. The molecule has 1 atom stereocenters. The number of allylic oxidation sites excluding steroid dienone is 5. The van der Waals surface area contributed by atoms with Crippen molar-refractivity contribution in [3.05, 3.63) is 48.0 Å². The molecule has 0 aromatic heterocycles. The summed E-state index contributed by atoms with van der Waals surface area (Å²) in [5, 5.41) is 6.62. The Balaban J connectivity index is 0.00000102. The van der Waals surface area contributed by atoms with E-state index in [1.54, 1.807) is 6.92 Å². The molecule has 1 aliphatic rings. The number of ether oxygens (including phenoxy) is 2. The van der Waals surface area contributed by atoms with E-state index >= 15 is 0 Å². The van der Waals surface area contributed by atoms with Crippen molar-refractivity contribution in [1.82, 2.24) is 5.32 Å². The molecule has 0 saturated carbocycles. The first-order valence-corrected chi connectivity index (χ1v) is 10.4. The van der Waals surface area contributed by atoms with Crippen molar-refractivity contribution < 1.29 is 32.3 Å². The van der Waals surface area contributed by atoms with Crippen LogP contribution in [0.1, 0.15) is 47.5 Å². The molecular weight excluding hydrogens is 425 g/mol. The SMILES string of the molecule is C/C=C(\C)C(F)(F)F.C=C(CO/C(=C/C)CC=CC)O/N=C(\C)C(=O)NCC1CCOC1. The van der Waals surface area contributed by atoms with E-state index in [1.807, 2.05) is 32.1 Å². The van der Waals surface area contributed by atoms with Gasteiger partial charge in [0, 0.05) is 31.1 Å². The zero-order chi connectivity index (χ0) is 24.6. The van der Waals surface area contributed by atoms with E-state index in [0.717, 1.165) is 38.2 Å². The summed E-state index contributed by atoms with van der Waals surface area (Å²) in [6.07, 6.45) is 4.46. The number of nitrogens with one attached hydrogen (secondary N) is 1. The number of carbonyl (C=O) groups excluding carboxylic acids is 1. The molecule has 1 fully saturated rings. The molecule has 0 aromatic rings. The summed E-state index contributed by atoms with van der Waals surface area (Å²) in [5.41, 5.74) is -0.298. The van der Waals surface area contributed by atoms with Gasteiger partial charge in [0.25, 0.3) is 5.91 Å². The molecule has 1 heterocycles. The van der Waals surface area contributed by atoms with Crippen molar-refractivity contribution in [1.29, 1.82) is 0 Å². The van der Waals surface area contributed by atoms with Gasteiger partial charge in [0.2, 0.25) is 0 Å². The molecular formula is C23H35F3N2O4. The van der Waals surface area contributed by atoms with Crippen molar-refractivity contribution in [2.45, 2.75) is 53.6 Å². The van der Waals surface area contributed by atoms with Gasteiger partial charge in [-0.2, -0.15) is 13.2 Å². The fraction of sp³-hybridized carbons (Fsp3) is 0.565. The van der Waals surface area contributed by atoms with E-state index in [-0.39, 0.29) is 18.2 Å². The lowest BCUT2D eigenvalue weighted by Crippen LogP contribution is -2.33. The topological polar surface area (TPSA) is 69.2 Å². The second kappa shape index (κ2) is 16.1. The third-order valence-electron chi connectivity index (χ3n) is 4.39. The van der Waals surface area contributed by atoms with Gasteiger partial charge >= 0.3 is 6.18 Å². The average molecular weight is 461 g/mol. The molecule has 32 heavy (non-hydrogen) atoms. The van der Waals surface area contributed by atoms with Crippen molar-refractivity contribution in [3.63, 3.8) is 0 Å². The molecule has 0 radical (unpaired) electrons. The first kappa shape index (κ1) is 29.5. The monoisotopic (exact) mass is 460 g/mol. The maximum Gasteiger partial charge on any atom is 0.412 e. The minimum Gasteiger partial charge on any atom is -0.490 e. The normalized spacial score (nSPS) is 17.6. The Kier molecular flexibility index (Phi) is 14.8. The zero-order valence-corrected chi connectivity index (χ0v) is 19.6. The number of nitrogens with zero attached hydrogens (tertiary/aromatic N) is 1. The number of hydrogen-bond acceptors (Lipinski definition) is 5. The predicted molar refractivity (Wildman–Crippen MR) is 120 cm³/mol. The van der Waals surface area contributed by atoms with Gasteiger partial charge in [0.05, 0.1) is 12.4 Å². The Bertz CT molecular complexity index is 705. The van der Waals surface area contributed by atoms with Crippen LogP contribution in [0.5, 0.6) is 0 Å². The second-order valence-electron chi connectivity index (χ2n) is 7.03. The number of hydrogen-bond donors (Lipinski definition) is 1. The van der Waals surface area contributed by atoms with Gasteiger partial charge in [0.1, 0.15) is 12.3 Å². The lowest BCUT2D eigenvalue weighted by molar-refractivity contribution is -0.115. The molecule has 0 aliphatic carbocycles. The molecule has 0 bridgehead atoms. The quantitative estimate of drug-likeness (QED) is 0.204. The molecule has 9 heteroatoms. The van der Waals surface area contributed by atoms with Crippen molar-refractivity contribution in [2.24, 2.45) is 11.1 Å². The molecule has 1 saturated heterocycles. The fourth-order valence-corrected chi connectivity index (χ4v) is 2.14. The number of rotatable bonds is 10. The summed E-state index contributed by atoms with van der Waals surface area (Å²) in [4.78, 5) is 17.0. The van der Waals surface area contributed by atoms with Crippen LogP contribution in [0.3, 0.4) is 0 Å². The largest absolute Gasteiger partial charge is 0.490 e. The molecule has 0 aromatic carbocycles. The fourth-order valence-electron chi connectivity index (χ4n) is 2.14. The van der Waals surface area contributed by atoms with Crippen molar-refractivity contribution in [3.8, 4) is 0 Å². The number of oxime groups is 1. The smallest absolute Gasteiger partial charge is 0.412 e. The van der Waals surface area contributed by atoms with Crippen LogP contribution in [-0.4, -0.2) is 44.2 Å². The van der Waals surface area contributed by atoms with E-state index in [9.17, 15) is 18.0 Å². The molecule has 1 rings (SSSR count). The maximum atomic E-state index is 11.9. The Morgan fingerprint density at radius 2 is 1.94 bits per heavy atom. The average Bonchev–Trinajstić information content (AvgIpc) is 3.28. The van der Waals surface area contributed by atoms with Crippen LogP contribution in [0.4, 0.5) is 13.2 Å². The lowest BCUT2D eigenvalue weighted by Gasteiger charge is -2.10. The molecule has 182 valence electrons. The first-order valence-electron chi connectivity index (χ1n) is 10.4. The Labute approximate surface area is 188 Å². The highest BCUT2D eigenvalue weighted by Gasteiger charge is 2.28. The highest BCUT2D eigenvalue weighted by atomic mass is 19.4. The molecule has 6 nitrogen and oxygen atoms in total. The van der Waals surface area contributed by atoms with Crippen LogP contribution in [0.25, 0.3) is 0 Å². The molecule has 1 unspecified atom stereocenters. The van der Waals surface area contributed by atoms with E-state index in [4.69, 9.17) is 14.3 Å². The van der Waals surface area contributed by atoms with Crippen LogP contribution < -0.4 is 5.32 Å². The molecule has 1 amide bonds. The number of amides is 1. The summed E-state index contributed by atoms with van der Waals surface area (Å²) in [5.74, 6) is 1.29. The van der Waals surface area contributed by atoms with Gasteiger partial charge in [-0.05, 0) is 47.1 Å². The Morgan fingerprint density at radius 3 is 2.41 bits per heavy atom. The molecule has 1 aliphatic heterocycles. The van der Waals surface area contributed by atoms with E-state index < -0.39 is 11.7 Å². The molecule has 1 N–H and O–H groups in total. The van der Waals surface area contributed by atoms with E-state index in [2.05, 4.69) is 17.1 Å². The first-order chi connectivity index (χ1) is 15.0. The van der Waals surface area contributed by atoms with Crippen molar-refractivity contribution >= 4 is 11.6 Å². The summed E-state index contributed by atoms with van der Waals surface area (Å²) in [6.45, 7) is 13.8. The van der Waals surface area contributed by atoms with Gasteiger partial charge in [0.15, 0.2) is 5.76 Å². The van der Waals surface area contributed by atoms with Gasteiger partial charge in [-0.15, -0.1) is 0 Å². The van der Waals surface area contributed by atoms with Gasteiger partial charge in [-0.25, -0.2) is 0 Å². The van der Waals surface area contributed by atoms with E-state index in [1.165, 1.54) is 6.92 Å². The second-order valence-corrected chi connectivity index (χ2v) is 7.03. The highest BCUT2D eigenvalue weighted by Crippen LogP contribution is 2.24. The standard InChI is InChI=1S/C18H28N2O4.C5H7F3/c1-5-7-8-17(6-2)23-12-14(3)24-20-15(4)18(21)19-11-16-9-10-22-13-16;1-3-4(2)5(6,7)8/h5-7,16H,3,8-13H2,1-2,4H3,(H,19,21);3H,1-2H3/b7-5?,17-6+,20-15+;4-3+. The highest BCUT2D eigenvalue weighted by molar-refractivity contribution is 6.37. The van der Waals surface area contributed by atoms with Crippen LogP contribution in [0, 0.1) is 5.92 Å². The van der Waals surface area contributed by atoms with Crippen LogP contribution in [-0.2, 0) is 19.1 Å². The zero-order valence-electron chi connectivity index (χ0n) is 19.6. The minimum absolute atomic E-state index is 0.190. The van der Waals surface area contributed by atoms with Crippen LogP contribution >= 0.6 is 0 Å². The summed E-state index contributed by atoms with van der Waals surface area (Å²) in [6, 6.07) is 0. The number of carbonyl (C=O) groups is 1.